The zero-order valence-electron chi connectivity index (χ0n) is 12.6. The summed E-state index contributed by atoms with van der Waals surface area (Å²) < 4.78 is 0. The molecule has 0 aliphatic carbocycles. The van der Waals surface area contributed by atoms with Crippen LogP contribution in [0.3, 0.4) is 0 Å². The van der Waals surface area contributed by atoms with Crippen LogP contribution >= 0.6 is 22.9 Å². The van der Waals surface area contributed by atoms with Crippen LogP contribution in [0.15, 0.2) is 30.5 Å². The number of halogens is 1. The van der Waals surface area contributed by atoms with Crippen LogP contribution in [0.2, 0.25) is 5.02 Å². The molecule has 1 aromatic heterocycles. The molecular weight excluding hydrogens is 334 g/mol. The highest BCUT2D eigenvalue weighted by molar-refractivity contribution is 7.16. The predicted octanol–water partition coefficient (Wildman–Crippen LogP) is 2.21. The van der Waals surface area contributed by atoms with Crippen LogP contribution in [0.1, 0.15) is 9.67 Å². The maximum atomic E-state index is 12.6. The molecule has 1 aliphatic heterocycles. The summed E-state index contributed by atoms with van der Waals surface area (Å²) in [6, 6.07) is 7.48. The van der Waals surface area contributed by atoms with Gasteiger partial charge in [0.15, 0.2) is 0 Å². The standard InChI is InChI=1S/C16H18ClN3O2S/c17-13-3-1-2-12(10-13)15-18-11-14(23-15)16(22)20-6-4-19(5-7-20)8-9-21/h1-3,10-11,21H,4-9H2. The molecule has 1 saturated heterocycles. The van der Waals surface area contributed by atoms with Crippen molar-refractivity contribution in [3.05, 3.63) is 40.4 Å². The van der Waals surface area contributed by atoms with E-state index in [4.69, 9.17) is 16.7 Å². The summed E-state index contributed by atoms with van der Waals surface area (Å²) in [7, 11) is 0. The average Bonchev–Trinajstić information content (AvgIpc) is 3.05. The number of carbonyl (C=O) groups is 1. The van der Waals surface area contributed by atoms with Crippen molar-refractivity contribution in [3.63, 3.8) is 0 Å². The molecule has 1 aliphatic rings. The molecule has 2 aromatic rings. The first-order valence-electron chi connectivity index (χ1n) is 7.51. The second-order valence-electron chi connectivity index (χ2n) is 5.40. The van der Waals surface area contributed by atoms with Gasteiger partial charge in [-0.1, -0.05) is 23.7 Å². The van der Waals surface area contributed by atoms with Gasteiger partial charge in [-0.15, -0.1) is 11.3 Å². The maximum Gasteiger partial charge on any atom is 0.265 e. The number of carbonyl (C=O) groups excluding carboxylic acids is 1. The van der Waals surface area contributed by atoms with Crippen molar-refractivity contribution < 1.29 is 9.90 Å². The molecule has 0 spiro atoms. The minimum absolute atomic E-state index is 0.0272. The van der Waals surface area contributed by atoms with E-state index in [1.165, 1.54) is 11.3 Å². The molecule has 0 unspecified atom stereocenters. The number of nitrogens with zero attached hydrogens (tertiary/aromatic N) is 3. The molecule has 0 atom stereocenters. The summed E-state index contributed by atoms with van der Waals surface area (Å²) in [5.74, 6) is 0.0272. The molecule has 7 heteroatoms. The first-order chi connectivity index (χ1) is 11.2. The topological polar surface area (TPSA) is 56.7 Å². The molecule has 1 aromatic carbocycles. The molecule has 0 saturated carbocycles. The number of aliphatic hydroxyl groups is 1. The third-order valence-corrected chi connectivity index (χ3v) is 5.13. The Kier molecular flexibility index (Phi) is 5.27. The number of thiazole rings is 1. The van der Waals surface area contributed by atoms with Gasteiger partial charge >= 0.3 is 0 Å². The lowest BCUT2D eigenvalue weighted by atomic mass is 10.2. The third-order valence-electron chi connectivity index (χ3n) is 3.86. The molecule has 3 rings (SSSR count). The largest absolute Gasteiger partial charge is 0.395 e. The van der Waals surface area contributed by atoms with Gasteiger partial charge in [0.05, 0.1) is 12.8 Å². The maximum absolute atomic E-state index is 12.6. The number of piperazine rings is 1. The van der Waals surface area contributed by atoms with Crippen molar-refractivity contribution in [2.75, 3.05) is 39.3 Å². The van der Waals surface area contributed by atoms with Crippen LogP contribution in [0, 0.1) is 0 Å². The van der Waals surface area contributed by atoms with Gasteiger partial charge in [0, 0.05) is 43.3 Å². The Hall–Kier alpha value is -1.47. The number of aromatic nitrogens is 1. The third kappa shape index (κ3) is 3.90. The van der Waals surface area contributed by atoms with E-state index in [2.05, 4.69) is 9.88 Å². The second-order valence-corrected chi connectivity index (χ2v) is 6.86. The molecule has 1 fully saturated rings. The van der Waals surface area contributed by atoms with Crippen molar-refractivity contribution in [1.29, 1.82) is 0 Å². The fourth-order valence-electron chi connectivity index (χ4n) is 2.60. The van der Waals surface area contributed by atoms with E-state index in [1.54, 1.807) is 6.20 Å². The van der Waals surface area contributed by atoms with Crippen LogP contribution < -0.4 is 0 Å². The molecule has 0 radical (unpaired) electrons. The quantitative estimate of drug-likeness (QED) is 0.917. The van der Waals surface area contributed by atoms with Crippen LogP contribution in [0.5, 0.6) is 0 Å². The number of amides is 1. The van der Waals surface area contributed by atoms with Crippen molar-refractivity contribution in [2.24, 2.45) is 0 Å². The van der Waals surface area contributed by atoms with Crippen molar-refractivity contribution in [3.8, 4) is 10.6 Å². The van der Waals surface area contributed by atoms with Crippen molar-refractivity contribution in [2.45, 2.75) is 0 Å². The monoisotopic (exact) mass is 351 g/mol. The van der Waals surface area contributed by atoms with Gasteiger partial charge in [-0.3, -0.25) is 9.69 Å². The van der Waals surface area contributed by atoms with Gasteiger partial charge < -0.3 is 10.0 Å². The molecule has 1 N–H and O–H groups in total. The van der Waals surface area contributed by atoms with Crippen LogP contribution in [-0.2, 0) is 0 Å². The van der Waals surface area contributed by atoms with E-state index >= 15 is 0 Å². The van der Waals surface area contributed by atoms with E-state index in [0.29, 0.717) is 29.5 Å². The number of benzene rings is 1. The lowest BCUT2D eigenvalue weighted by molar-refractivity contribution is 0.0619. The fraction of sp³-hybridized carbons (Fsp3) is 0.375. The van der Waals surface area contributed by atoms with E-state index in [-0.39, 0.29) is 12.5 Å². The fourth-order valence-corrected chi connectivity index (χ4v) is 3.67. The minimum atomic E-state index is 0.0272. The minimum Gasteiger partial charge on any atom is -0.395 e. The molecular formula is C16H18ClN3O2S. The van der Waals surface area contributed by atoms with Crippen molar-refractivity contribution >= 4 is 28.8 Å². The lowest BCUT2D eigenvalue weighted by Gasteiger charge is -2.34. The average molecular weight is 352 g/mol. The molecule has 2 heterocycles. The van der Waals surface area contributed by atoms with Crippen molar-refractivity contribution in [1.82, 2.24) is 14.8 Å². The zero-order valence-corrected chi connectivity index (χ0v) is 14.2. The zero-order chi connectivity index (χ0) is 16.2. The van der Waals surface area contributed by atoms with Gasteiger partial charge in [-0.05, 0) is 12.1 Å². The molecule has 1 amide bonds. The Labute approximate surface area is 144 Å². The number of hydrogen-bond acceptors (Lipinski definition) is 5. The second kappa shape index (κ2) is 7.40. The Balaban J connectivity index is 1.67. The van der Waals surface area contributed by atoms with E-state index in [9.17, 15) is 4.79 Å². The summed E-state index contributed by atoms with van der Waals surface area (Å²) in [6.45, 7) is 3.79. The predicted molar refractivity (Wildman–Crippen MR) is 92.0 cm³/mol. The highest BCUT2D eigenvalue weighted by Crippen LogP contribution is 2.28. The van der Waals surface area contributed by atoms with Crippen LogP contribution in [-0.4, -0.2) is 65.1 Å². The number of hydrogen-bond donors (Lipinski definition) is 1. The van der Waals surface area contributed by atoms with Gasteiger partial charge in [0.25, 0.3) is 5.91 Å². The van der Waals surface area contributed by atoms with Gasteiger partial charge in [-0.2, -0.15) is 0 Å². The Morgan fingerprint density at radius 3 is 2.78 bits per heavy atom. The van der Waals surface area contributed by atoms with Gasteiger partial charge in [0.2, 0.25) is 0 Å². The molecule has 0 bridgehead atoms. The molecule has 5 nitrogen and oxygen atoms in total. The van der Waals surface area contributed by atoms with Crippen LogP contribution in [0.4, 0.5) is 0 Å². The SMILES string of the molecule is O=C(c1cnc(-c2cccc(Cl)c2)s1)N1CCN(CCO)CC1. The first-order valence-corrected chi connectivity index (χ1v) is 8.71. The molecule has 122 valence electrons. The smallest absolute Gasteiger partial charge is 0.265 e. The highest BCUT2D eigenvalue weighted by atomic mass is 35.5. The Morgan fingerprint density at radius 1 is 1.30 bits per heavy atom. The highest BCUT2D eigenvalue weighted by Gasteiger charge is 2.23. The van der Waals surface area contributed by atoms with E-state index < -0.39 is 0 Å². The van der Waals surface area contributed by atoms with Gasteiger partial charge in [0.1, 0.15) is 9.88 Å². The lowest BCUT2D eigenvalue weighted by Crippen LogP contribution is -2.49. The number of aliphatic hydroxyl groups excluding tert-OH is 1. The first kappa shape index (κ1) is 16.4. The Morgan fingerprint density at radius 2 is 2.09 bits per heavy atom. The summed E-state index contributed by atoms with van der Waals surface area (Å²) in [6.07, 6.45) is 1.64. The van der Waals surface area contributed by atoms with E-state index in [0.717, 1.165) is 23.7 Å². The normalized spacial score (nSPS) is 15.8. The summed E-state index contributed by atoms with van der Waals surface area (Å²) >= 11 is 7.40. The Bertz CT molecular complexity index is 683. The summed E-state index contributed by atoms with van der Waals surface area (Å²) in [4.78, 5) is 21.6. The number of β-amino-alcohol motifs (C(OH)–C–C–N with tert-alkyl or cyclic N) is 1. The van der Waals surface area contributed by atoms with Crippen LogP contribution in [0.25, 0.3) is 10.6 Å². The summed E-state index contributed by atoms with van der Waals surface area (Å²) in [5.41, 5.74) is 0.925. The number of rotatable bonds is 4. The van der Waals surface area contributed by atoms with E-state index in [1.807, 2.05) is 29.2 Å². The molecule has 23 heavy (non-hydrogen) atoms. The van der Waals surface area contributed by atoms with Gasteiger partial charge in [-0.25, -0.2) is 4.98 Å². The summed E-state index contributed by atoms with van der Waals surface area (Å²) in [5, 5.41) is 10.4.